The van der Waals surface area contributed by atoms with Crippen molar-refractivity contribution in [1.82, 2.24) is 0 Å². The zero-order valence-corrected chi connectivity index (χ0v) is 12.5. The molecular formula is C15H9F9N2. The van der Waals surface area contributed by atoms with E-state index >= 15 is 0 Å². The minimum Gasteiger partial charge on any atom is -0.291 e. The molecule has 0 aliphatic carbocycles. The van der Waals surface area contributed by atoms with Crippen LogP contribution < -0.4 is 10.4 Å². The Balaban J connectivity index is 2.52. The van der Waals surface area contributed by atoms with Crippen LogP contribution in [0.25, 0.3) is 0 Å². The van der Waals surface area contributed by atoms with Crippen molar-refractivity contribution in [2.24, 2.45) is 0 Å². The molecule has 0 bridgehead atoms. The largest absolute Gasteiger partial charge is 0.503 e. The first kappa shape index (κ1) is 19.7. The molecule has 1 N–H and O–H groups in total. The van der Waals surface area contributed by atoms with E-state index in [4.69, 9.17) is 0 Å². The van der Waals surface area contributed by atoms with Gasteiger partial charge in [0, 0.05) is 0 Å². The minimum absolute atomic E-state index is 0.248. The van der Waals surface area contributed by atoms with Gasteiger partial charge in [-0.15, -0.1) is 13.2 Å². The van der Waals surface area contributed by atoms with Gasteiger partial charge in [-0.3, -0.25) is 5.43 Å². The molecule has 0 fully saturated rings. The lowest BCUT2D eigenvalue weighted by Gasteiger charge is -2.29. The van der Waals surface area contributed by atoms with E-state index in [1.54, 1.807) is 0 Å². The van der Waals surface area contributed by atoms with E-state index in [-0.39, 0.29) is 12.1 Å². The van der Waals surface area contributed by atoms with Crippen molar-refractivity contribution >= 4 is 11.4 Å². The molecule has 2 rings (SSSR count). The summed E-state index contributed by atoms with van der Waals surface area (Å²) in [5.74, 6) is 0. The number of benzene rings is 2. The second kappa shape index (κ2) is 6.61. The number of rotatable bonds is 3. The lowest BCUT2D eigenvalue weighted by Crippen LogP contribution is -2.43. The third-order valence-corrected chi connectivity index (χ3v) is 3.15. The molecule has 26 heavy (non-hydrogen) atoms. The Morgan fingerprint density at radius 3 is 1.73 bits per heavy atom. The summed E-state index contributed by atoms with van der Waals surface area (Å²) >= 11 is 0. The van der Waals surface area contributed by atoms with Crippen LogP contribution >= 0.6 is 0 Å². The number of nitrogens with zero attached hydrogens (tertiary/aromatic N) is 1. The van der Waals surface area contributed by atoms with Gasteiger partial charge in [-0.25, -0.2) is 0 Å². The van der Waals surface area contributed by atoms with Crippen LogP contribution in [-0.4, -0.2) is 6.30 Å². The molecule has 0 aromatic heterocycles. The monoisotopic (exact) mass is 388 g/mol. The summed E-state index contributed by atoms with van der Waals surface area (Å²) in [4.78, 5) is 0. The molecule has 2 nitrogen and oxygen atoms in total. The molecule has 2 aromatic rings. The Labute approximate surface area is 140 Å². The maximum Gasteiger partial charge on any atom is 0.503 e. The average Bonchev–Trinajstić information content (AvgIpc) is 2.50. The lowest BCUT2D eigenvalue weighted by molar-refractivity contribution is -0.143. The number of nitrogens with one attached hydrogen (secondary N) is 1. The van der Waals surface area contributed by atoms with Gasteiger partial charge in [0.1, 0.15) is 0 Å². The smallest absolute Gasteiger partial charge is 0.291 e. The van der Waals surface area contributed by atoms with E-state index in [0.29, 0.717) is 6.07 Å². The quantitative estimate of drug-likeness (QED) is 0.390. The Bertz CT molecular complexity index is 748. The van der Waals surface area contributed by atoms with Crippen LogP contribution in [0, 0.1) is 0 Å². The molecule has 0 spiro atoms. The average molecular weight is 388 g/mol. The molecule has 0 saturated carbocycles. The van der Waals surface area contributed by atoms with Crippen molar-refractivity contribution < 1.29 is 39.5 Å². The fourth-order valence-corrected chi connectivity index (χ4v) is 2.02. The van der Waals surface area contributed by atoms with Crippen LogP contribution in [0.5, 0.6) is 0 Å². The Morgan fingerprint density at radius 2 is 1.27 bits per heavy atom. The van der Waals surface area contributed by atoms with Crippen molar-refractivity contribution in [3.8, 4) is 0 Å². The summed E-state index contributed by atoms with van der Waals surface area (Å²) in [6, 6.07) is 6.07. The SMILES string of the molecule is FC(F)(F)c1ccc(NN(c2ccccc2)C(F)(F)F)c(C(F)(F)F)c1. The maximum absolute atomic E-state index is 13.2. The van der Waals surface area contributed by atoms with Crippen LogP contribution in [0.1, 0.15) is 11.1 Å². The molecule has 0 radical (unpaired) electrons. The molecular weight excluding hydrogens is 379 g/mol. The number of anilines is 2. The van der Waals surface area contributed by atoms with Crippen LogP contribution in [-0.2, 0) is 12.4 Å². The first-order chi connectivity index (χ1) is 11.8. The normalized spacial score (nSPS) is 12.8. The highest BCUT2D eigenvalue weighted by Gasteiger charge is 2.42. The summed E-state index contributed by atoms with van der Waals surface area (Å²) in [7, 11) is 0. The van der Waals surface area contributed by atoms with Gasteiger partial charge < -0.3 is 0 Å². The van der Waals surface area contributed by atoms with Gasteiger partial charge in [0.25, 0.3) is 0 Å². The van der Waals surface area contributed by atoms with E-state index in [1.807, 2.05) is 0 Å². The summed E-state index contributed by atoms with van der Waals surface area (Å²) in [5, 5.41) is -0.523. The third-order valence-electron chi connectivity index (χ3n) is 3.15. The number of halogens is 9. The fourth-order valence-electron chi connectivity index (χ4n) is 2.02. The van der Waals surface area contributed by atoms with Crippen LogP contribution in [0.2, 0.25) is 0 Å². The molecule has 11 heteroatoms. The molecule has 2 aromatic carbocycles. The first-order valence-electron chi connectivity index (χ1n) is 6.77. The number of hydrogen-bond donors (Lipinski definition) is 1. The molecule has 0 heterocycles. The highest BCUT2D eigenvalue weighted by molar-refractivity contribution is 5.61. The second-order valence-corrected chi connectivity index (χ2v) is 5.01. The van der Waals surface area contributed by atoms with Crippen molar-refractivity contribution in [1.29, 1.82) is 0 Å². The van der Waals surface area contributed by atoms with Gasteiger partial charge in [-0.05, 0) is 30.3 Å². The van der Waals surface area contributed by atoms with Gasteiger partial charge in [-0.1, -0.05) is 18.2 Å². The van der Waals surface area contributed by atoms with Crippen LogP contribution in [0.15, 0.2) is 48.5 Å². The van der Waals surface area contributed by atoms with Crippen LogP contribution in [0.3, 0.4) is 0 Å². The summed E-state index contributed by atoms with van der Waals surface area (Å²) in [6.07, 6.45) is -15.5. The van der Waals surface area contributed by atoms with Crippen LogP contribution in [0.4, 0.5) is 50.9 Å². The standard InChI is InChI=1S/C15H9F9N2/c16-13(17,18)9-6-7-12(11(8-9)14(19,20)21)25-26(15(22,23)24)10-4-2-1-3-5-10/h1-8,25H. The van der Waals surface area contributed by atoms with E-state index in [1.165, 1.54) is 23.6 Å². The molecule has 0 amide bonds. The summed E-state index contributed by atoms with van der Waals surface area (Å²) in [6.45, 7) is 0. The molecule has 0 unspecified atom stereocenters. The number of hydrazine groups is 1. The molecule has 0 aliphatic heterocycles. The zero-order chi connectivity index (χ0) is 19.8. The number of alkyl halides is 9. The van der Waals surface area contributed by atoms with Crippen molar-refractivity contribution in [3.63, 3.8) is 0 Å². The lowest BCUT2D eigenvalue weighted by atomic mass is 10.1. The Morgan fingerprint density at radius 1 is 0.692 bits per heavy atom. The van der Waals surface area contributed by atoms with Crippen molar-refractivity contribution in [3.05, 3.63) is 59.7 Å². The fraction of sp³-hybridized carbons (Fsp3) is 0.200. The highest BCUT2D eigenvalue weighted by atomic mass is 19.4. The maximum atomic E-state index is 13.2. The van der Waals surface area contributed by atoms with E-state index in [2.05, 4.69) is 0 Å². The molecule has 142 valence electrons. The Kier molecular flexibility index (Phi) is 5.02. The van der Waals surface area contributed by atoms with Gasteiger partial charge >= 0.3 is 18.7 Å². The molecule has 0 aliphatic rings. The van der Waals surface area contributed by atoms with Gasteiger partial charge in [0.05, 0.1) is 22.5 Å². The summed E-state index contributed by atoms with van der Waals surface area (Å²) in [5.41, 5.74) is -3.72. The van der Waals surface area contributed by atoms with Gasteiger partial charge in [-0.2, -0.15) is 31.4 Å². The van der Waals surface area contributed by atoms with E-state index in [9.17, 15) is 39.5 Å². The second-order valence-electron chi connectivity index (χ2n) is 5.01. The van der Waals surface area contributed by atoms with Gasteiger partial charge in [0.15, 0.2) is 0 Å². The highest BCUT2D eigenvalue weighted by Crippen LogP contribution is 2.40. The Hall–Kier alpha value is -2.59. The zero-order valence-electron chi connectivity index (χ0n) is 12.5. The predicted molar refractivity (Wildman–Crippen MR) is 75.0 cm³/mol. The van der Waals surface area contributed by atoms with E-state index in [0.717, 1.165) is 12.1 Å². The minimum atomic E-state index is -5.31. The first-order valence-corrected chi connectivity index (χ1v) is 6.77. The van der Waals surface area contributed by atoms with Crippen molar-refractivity contribution in [2.45, 2.75) is 18.7 Å². The summed E-state index contributed by atoms with van der Waals surface area (Å²) < 4.78 is 117. The molecule has 0 saturated heterocycles. The molecule has 0 atom stereocenters. The van der Waals surface area contributed by atoms with Gasteiger partial charge in [0.2, 0.25) is 0 Å². The number of para-hydroxylation sites is 1. The topological polar surface area (TPSA) is 15.3 Å². The van der Waals surface area contributed by atoms with Crippen molar-refractivity contribution in [2.75, 3.05) is 10.4 Å². The third kappa shape index (κ3) is 4.52. The van der Waals surface area contributed by atoms with E-state index < -0.39 is 46.2 Å². The predicted octanol–water partition coefficient (Wildman–Crippen LogP) is 6.08. The number of hydrogen-bond acceptors (Lipinski definition) is 2.